The summed E-state index contributed by atoms with van der Waals surface area (Å²) in [6.07, 6.45) is 0. The Morgan fingerprint density at radius 2 is 1.09 bits per heavy atom. The molecule has 0 unspecified atom stereocenters. The van der Waals surface area contributed by atoms with Gasteiger partial charge in [0.15, 0.2) is 14.7 Å². The molecule has 5 rings (SSSR count). The van der Waals surface area contributed by atoms with Crippen molar-refractivity contribution in [1.29, 1.82) is 0 Å². The Bertz CT molecular complexity index is 1440. The second-order valence-electron chi connectivity index (χ2n) is 7.63. The van der Waals surface area contributed by atoms with Crippen LogP contribution >= 0.6 is 0 Å². The van der Waals surface area contributed by atoms with E-state index in [1.165, 1.54) is 26.3 Å². The smallest absolute Gasteiger partial charge is 0.169 e. The summed E-state index contributed by atoms with van der Waals surface area (Å²) in [5.41, 5.74) is 1.35. The molecule has 5 aromatic carbocycles. The van der Waals surface area contributed by atoms with E-state index in [0.717, 1.165) is 5.39 Å². The molecule has 0 aliphatic heterocycles. The van der Waals surface area contributed by atoms with Crippen LogP contribution in [0.25, 0.3) is 10.8 Å². The molecule has 0 saturated carbocycles. The maximum Gasteiger partial charge on any atom is 0.169 e. The van der Waals surface area contributed by atoms with Crippen LogP contribution < -0.4 is 0 Å². The maximum atomic E-state index is 10.9. The van der Waals surface area contributed by atoms with Gasteiger partial charge in [0.2, 0.25) is 0 Å². The Morgan fingerprint density at radius 1 is 0.588 bits per heavy atom. The summed E-state index contributed by atoms with van der Waals surface area (Å²) in [5.74, 6) is 0. The van der Waals surface area contributed by atoms with Crippen LogP contribution in [0.15, 0.2) is 147 Å². The van der Waals surface area contributed by atoms with E-state index in [9.17, 15) is 13.0 Å². The van der Waals surface area contributed by atoms with Crippen molar-refractivity contribution < 1.29 is 13.0 Å². The predicted octanol–water partition coefficient (Wildman–Crippen LogP) is 6.83. The number of hydrogen-bond acceptors (Lipinski definition) is 3. The third-order valence-electron chi connectivity index (χ3n) is 5.29. The fourth-order valence-corrected chi connectivity index (χ4v) is 6.65. The molecule has 5 heteroatoms. The van der Waals surface area contributed by atoms with E-state index in [0.29, 0.717) is 5.39 Å². The van der Waals surface area contributed by atoms with Crippen LogP contribution in [0.2, 0.25) is 0 Å². The Morgan fingerprint density at radius 3 is 1.68 bits per heavy atom. The van der Waals surface area contributed by atoms with Crippen LogP contribution in [0.3, 0.4) is 0 Å². The minimum absolute atomic E-state index is 0.0262. The molecule has 0 saturated heterocycles. The first-order valence-corrected chi connectivity index (χ1v) is 13.4. The number of fused-ring (bicyclic) bond motifs is 1. The standard InChI is InChI=1S/C19H17S.C10H8O3S/c1-16-10-8-9-15-19(16)20(17-11-4-2-5-12-17)18-13-6-3-7-14-18;11-14(12,13)10-7-3-5-8-4-1-2-6-9(8)10/h2-15H,1H3;1-7H,(H,11,12,13)/q+1;/p-1. The highest BCUT2D eigenvalue weighted by Crippen LogP contribution is 2.32. The average Bonchev–Trinajstić information content (AvgIpc) is 2.86. The highest BCUT2D eigenvalue weighted by molar-refractivity contribution is 7.97. The van der Waals surface area contributed by atoms with Crippen molar-refractivity contribution in [2.45, 2.75) is 26.5 Å². The lowest BCUT2D eigenvalue weighted by Crippen LogP contribution is -2.06. The van der Waals surface area contributed by atoms with Crippen molar-refractivity contribution >= 4 is 31.8 Å². The molecule has 0 bridgehead atoms. The molecule has 0 aliphatic carbocycles. The Kier molecular flexibility index (Phi) is 7.48. The molecule has 34 heavy (non-hydrogen) atoms. The van der Waals surface area contributed by atoms with Gasteiger partial charge in [-0.15, -0.1) is 0 Å². The lowest BCUT2D eigenvalue weighted by Gasteiger charge is -2.09. The fraction of sp³-hybridized carbons (Fsp3) is 0.0345. The molecule has 0 aliphatic rings. The van der Waals surface area contributed by atoms with Gasteiger partial charge in [0.1, 0.15) is 10.1 Å². The lowest BCUT2D eigenvalue weighted by molar-refractivity contribution is 0.464. The van der Waals surface area contributed by atoms with Crippen LogP contribution in [0.1, 0.15) is 5.56 Å². The van der Waals surface area contributed by atoms with E-state index in [1.807, 2.05) is 0 Å². The average molecular weight is 485 g/mol. The molecule has 5 aromatic rings. The van der Waals surface area contributed by atoms with Crippen molar-refractivity contribution in [2.75, 3.05) is 0 Å². The molecule has 0 heterocycles. The van der Waals surface area contributed by atoms with Gasteiger partial charge in [0, 0.05) is 5.56 Å². The van der Waals surface area contributed by atoms with E-state index in [2.05, 4.69) is 91.9 Å². The molecular weight excluding hydrogens is 460 g/mol. The Labute approximate surface area is 203 Å². The van der Waals surface area contributed by atoms with Crippen LogP contribution in [0.5, 0.6) is 0 Å². The van der Waals surface area contributed by atoms with Crippen molar-refractivity contribution in [3.8, 4) is 0 Å². The van der Waals surface area contributed by atoms with Crippen molar-refractivity contribution in [2.24, 2.45) is 0 Å². The minimum Gasteiger partial charge on any atom is -0.744 e. The van der Waals surface area contributed by atoms with E-state index in [1.54, 1.807) is 36.4 Å². The first-order chi connectivity index (χ1) is 16.4. The maximum absolute atomic E-state index is 10.9. The fourth-order valence-electron chi connectivity index (χ4n) is 3.70. The van der Waals surface area contributed by atoms with Gasteiger partial charge in [0.25, 0.3) is 0 Å². The van der Waals surface area contributed by atoms with Crippen LogP contribution in [-0.2, 0) is 21.0 Å². The van der Waals surface area contributed by atoms with E-state index >= 15 is 0 Å². The second-order valence-corrected chi connectivity index (χ2v) is 11.0. The summed E-state index contributed by atoms with van der Waals surface area (Å²) in [6.45, 7) is 2.20. The number of hydrogen-bond donors (Lipinski definition) is 0. The summed E-state index contributed by atoms with van der Waals surface area (Å²) >= 11 is 0. The van der Waals surface area contributed by atoms with Gasteiger partial charge in [0.05, 0.1) is 15.8 Å². The molecule has 0 N–H and O–H groups in total. The van der Waals surface area contributed by atoms with E-state index < -0.39 is 10.1 Å². The Balaban J connectivity index is 0.000000172. The molecule has 3 nitrogen and oxygen atoms in total. The van der Waals surface area contributed by atoms with E-state index in [-0.39, 0.29) is 15.8 Å². The van der Waals surface area contributed by atoms with Gasteiger partial charge in [-0.3, -0.25) is 0 Å². The van der Waals surface area contributed by atoms with Gasteiger partial charge >= 0.3 is 0 Å². The molecule has 0 aromatic heterocycles. The zero-order valence-electron chi connectivity index (χ0n) is 18.7. The first-order valence-electron chi connectivity index (χ1n) is 10.8. The lowest BCUT2D eigenvalue weighted by atomic mass is 10.1. The van der Waals surface area contributed by atoms with Gasteiger partial charge < -0.3 is 4.55 Å². The van der Waals surface area contributed by atoms with Crippen LogP contribution in [-0.4, -0.2) is 13.0 Å². The number of aryl methyl sites for hydroxylation is 1. The number of benzene rings is 5. The summed E-state index contributed by atoms with van der Waals surface area (Å²) in [7, 11) is -4.41. The molecule has 0 amide bonds. The SMILES string of the molecule is Cc1ccccc1[S+](c1ccccc1)c1ccccc1.O=S(=O)([O-])c1cccc2ccccc12. The molecule has 0 spiro atoms. The summed E-state index contributed by atoms with van der Waals surface area (Å²) in [6, 6.07) is 41.8. The molecular formula is C29H24O3S2. The highest BCUT2D eigenvalue weighted by Gasteiger charge is 2.29. The summed E-state index contributed by atoms with van der Waals surface area (Å²) in [4.78, 5) is 3.99. The van der Waals surface area contributed by atoms with Crippen molar-refractivity contribution in [1.82, 2.24) is 0 Å². The van der Waals surface area contributed by atoms with Crippen LogP contribution in [0.4, 0.5) is 0 Å². The summed E-state index contributed by atoms with van der Waals surface area (Å²) in [5, 5.41) is 1.23. The highest BCUT2D eigenvalue weighted by atomic mass is 32.2. The van der Waals surface area contributed by atoms with E-state index in [4.69, 9.17) is 0 Å². The van der Waals surface area contributed by atoms with Gasteiger partial charge in [-0.25, -0.2) is 8.42 Å². The van der Waals surface area contributed by atoms with Crippen LogP contribution in [0, 0.1) is 6.92 Å². The quantitative estimate of drug-likeness (QED) is 0.207. The molecule has 0 atom stereocenters. The summed E-state index contributed by atoms with van der Waals surface area (Å²) < 4.78 is 32.7. The molecule has 170 valence electrons. The van der Waals surface area contributed by atoms with Crippen molar-refractivity contribution in [3.05, 3.63) is 133 Å². The van der Waals surface area contributed by atoms with Crippen molar-refractivity contribution in [3.63, 3.8) is 0 Å². The topological polar surface area (TPSA) is 57.2 Å². The van der Waals surface area contributed by atoms with Gasteiger partial charge in [-0.1, -0.05) is 91.0 Å². The first kappa shape index (κ1) is 23.8. The normalized spacial score (nSPS) is 11.1. The minimum atomic E-state index is -4.38. The zero-order valence-corrected chi connectivity index (χ0v) is 20.3. The third-order valence-corrected chi connectivity index (χ3v) is 8.57. The second kappa shape index (κ2) is 10.7. The Hall–Kier alpha value is -3.38. The van der Waals surface area contributed by atoms with Gasteiger partial charge in [-0.2, -0.15) is 0 Å². The monoisotopic (exact) mass is 484 g/mol. The third kappa shape index (κ3) is 5.57. The van der Waals surface area contributed by atoms with Gasteiger partial charge in [-0.05, 0) is 54.1 Å². The number of rotatable bonds is 4. The predicted molar refractivity (Wildman–Crippen MR) is 138 cm³/mol. The zero-order chi connectivity index (χ0) is 24.0. The largest absolute Gasteiger partial charge is 0.744 e. The molecule has 0 radical (unpaired) electrons. The molecule has 0 fully saturated rings.